The largest absolute Gasteiger partial charge is 0.365 e. The lowest BCUT2D eigenvalue weighted by atomic mass is 10.00. The Balaban J connectivity index is 1.66. The Kier molecular flexibility index (Phi) is 5.62. The summed E-state index contributed by atoms with van der Waals surface area (Å²) in [5, 5.41) is 8.49. The van der Waals surface area contributed by atoms with E-state index in [4.69, 9.17) is 0 Å². The zero-order valence-corrected chi connectivity index (χ0v) is 14.1. The molecule has 2 heterocycles. The van der Waals surface area contributed by atoms with Crippen molar-refractivity contribution in [3.8, 4) is 0 Å². The fourth-order valence-electron chi connectivity index (χ4n) is 2.99. The maximum atomic E-state index is 13.7. The first-order valence-electron chi connectivity index (χ1n) is 8.47. The van der Waals surface area contributed by atoms with Crippen LogP contribution in [0.4, 0.5) is 14.5 Å². The van der Waals surface area contributed by atoms with Crippen LogP contribution in [0.15, 0.2) is 30.6 Å². The monoisotopic (exact) mass is 362 g/mol. The number of amides is 2. The summed E-state index contributed by atoms with van der Waals surface area (Å²) in [6, 6.07) is 3.18. The van der Waals surface area contributed by atoms with Crippen LogP contribution in [0.2, 0.25) is 0 Å². The van der Waals surface area contributed by atoms with Crippen molar-refractivity contribution >= 4 is 17.5 Å². The maximum Gasteiger partial charge on any atom is 0.261 e. The third-order valence-corrected chi connectivity index (χ3v) is 4.38. The van der Waals surface area contributed by atoms with Gasteiger partial charge in [-0.25, -0.2) is 8.78 Å². The molecule has 1 unspecified atom stereocenters. The van der Waals surface area contributed by atoms with Crippen molar-refractivity contribution in [1.82, 2.24) is 15.6 Å². The van der Waals surface area contributed by atoms with Gasteiger partial charge in [0.15, 0.2) is 0 Å². The molecule has 8 heteroatoms. The molecule has 1 aromatic heterocycles. The molecule has 0 bridgehead atoms. The molecule has 2 aromatic rings. The van der Waals surface area contributed by atoms with Crippen molar-refractivity contribution in [2.24, 2.45) is 5.92 Å². The number of anilines is 1. The Hall–Kier alpha value is -2.74. The van der Waals surface area contributed by atoms with Gasteiger partial charge in [0.05, 0.1) is 11.3 Å². The quantitative estimate of drug-likeness (QED) is 0.658. The summed E-state index contributed by atoms with van der Waals surface area (Å²) in [6.45, 7) is 2.36. The second-order valence-electron chi connectivity index (χ2n) is 6.26. The number of rotatable bonds is 5. The molecule has 1 fully saturated rings. The molecule has 0 aliphatic carbocycles. The zero-order valence-electron chi connectivity index (χ0n) is 14.1. The van der Waals surface area contributed by atoms with E-state index >= 15 is 0 Å². The number of nitrogens with one attached hydrogen (secondary N) is 4. The summed E-state index contributed by atoms with van der Waals surface area (Å²) in [7, 11) is 0. The molecule has 1 aliphatic heterocycles. The number of carbonyl (C=O) groups excluding carboxylic acids is 2. The first kappa shape index (κ1) is 18.1. The predicted molar refractivity (Wildman–Crippen MR) is 93.0 cm³/mol. The van der Waals surface area contributed by atoms with Crippen LogP contribution < -0.4 is 16.0 Å². The number of H-pyrrole nitrogens is 1. The van der Waals surface area contributed by atoms with E-state index in [1.807, 2.05) is 0 Å². The average Bonchev–Trinajstić information content (AvgIpc) is 3.08. The first-order chi connectivity index (χ1) is 12.6. The summed E-state index contributed by atoms with van der Waals surface area (Å²) >= 11 is 0. The summed E-state index contributed by atoms with van der Waals surface area (Å²) in [4.78, 5) is 27.3. The lowest BCUT2D eigenvalue weighted by Gasteiger charge is -2.22. The van der Waals surface area contributed by atoms with E-state index in [1.54, 1.807) is 0 Å². The van der Waals surface area contributed by atoms with Gasteiger partial charge in [0.25, 0.3) is 11.8 Å². The fourth-order valence-corrected chi connectivity index (χ4v) is 2.99. The van der Waals surface area contributed by atoms with E-state index in [2.05, 4.69) is 20.9 Å². The van der Waals surface area contributed by atoms with Gasteiger partial charge in [-0.3, -0.25) is 9.59 Å². The van der Waals surface area contributed by atoms with Crippen molar-refractivity contribution in [1.29, 1.82) is 0 Å². The van der Waals surface area contributed by atoms with Gasteiger partial charge in [0.2, 0.25) is 0 Å². The molecule has 26 heavy (non-hydrogen) atoms. The van der Waals surface area contributed by atoms with Crippen molar-refractivity contribution in [2.75, 3.05) is 25.0 Å². The minimum atomic E-state index is -0.964. The Morgan fingerprint density at radius 3 is 2.62 bits per heavy atom. The number of hydrogen-bond donors (Lipinski definition) is 4. The Labute approximate surface area is 149 Å². The second kappa shape index (κ2) is 8.09. The molecule has 1 aromatic carbocycles. The van der Waals surface area contributed by atoms with Gasteiger partial charge in [-0.05, 0) is 44.0 Å². The molecule has 6 nitrogen and oxygen atoms in total. The first-order valence-corrected chi connectivity index (χ1v) is 8.47. The SMILES string of the molecule is O=C(NCC1CCCNC1)c1c[nH]cc1NC(=O)c1c(F)cccc1F. The summed E-state index contributed by atoms with van der Waals surface area (Å²) in [6.07, 6.45) is 4.94. The Morgan fingerprint density at radius 1 is 1.15 bits per heavy atom. The lowest BCUT2D eigenvalue weighted by Crippen LogP contribution is -2.38. The van der Waals surface area contributed by atoms with Crippen LogP contribution in [0.25, 0.3) is 0 Å². The van der Waals surface area contributed by atoms with E-state index in [0.29, 0.717) is 12.5 Å². The number of halogens is 2. The maximum absolute atomic E-state index is 13.7. The number of piperidine rings is 1. The lowest BCUT2D eigenvalue weighted by molar-refractivity contribution is 0.0946. The van der Waals surface area contributed by atoms with Crippen LogP contribution in [0.3, 0.4) is 0 Å². The average molecular weight is 362 g/mol. The second-order valence-corrected chi connectivity index (χ2v) is 6.26. The summed E-state index contributed by atoms with van der Waals surface area (Å²) in [5.74, 6) is -2.88. The smallest absolute Gasteiger partial charge is 0.261 e. The van der Waals surface area contributed by atoms with Gasteiger partial charge in [0, 0.05) is 18.9 Å². The minimum absolute atomic E-state index is 0.164. The molecular formula is C18H20F2N4O2. The molecule has 2 amide bonds. The van der Waals surface area contributed by atoms with Crippen LogP contribution in [-0.4, -0.2) is 36.4 Å². The zero-order chi connectivity index (χ0) is 18.5. The number of aromatic nitrogens is 1. The standard InChI is InChI=1S/C18H20F2N4O2/c19-13-4-1-5-14(20)16(13)18(26)24-15-10-22-9-12(15)17(25)23-8-11-3-2-6-21-7-11/h1,4-5,9-11,21-22H,2-3,6-8H2,(H,23,25)(H,24,26). The van der Waals surface area contributed by atoms with E-state index in [9.17, 15) is 18.4 Å². The highest BCUT2D eigenvalue weighted by molar-refractivity contribution is 6.09. The van der Waals surface area contributed by atoms with Gasteiger partial charge >= 0.3 is 0 Å². The van der Waals surface area contributed by atoms with Crippen molar-refractivity contribution in [3.05, 3.63) is 53.4 Å². The van der Waals surface area contributed by atoms with Crippen LogP contribution in [0.5, 0.6) is 0 Å². The van der Waals surface area contributed by atoms with E-state index < -0.39 is 23.1 Å². The predicted octanol–water partition coefficient (Wildman–Crippen LogP) is 2.27. The van der Waals surface area contributed by atoms with E-state index in [-0.39, 0.29) is 17.2 Å². The normalized spacial score (nSPS) is 16.9. The van der Waals surface area contributed by atoms with Gasteiger partial charge in [-0.1, -0.05) is 6.07 Å². The number of carbonyl (C=O) groups is 2. The third-order valence-electron chi connectivity index (χ3n) is 4.38. The number of benzene rings is 1. The van der Waals surface area contributed by atoms with E-state index in [0.717, 1.165) is 38.1 Å². The van der Waals surface area contributed by atoms with Crippen molar-refractivity contribution in [3.63, 3.8) is 0 Å². The van der Waals surface area contributed by atoms with Crippen molar-refractivity contribution < 1.29 is 18.4 Å². The molecule has 3 rings (SSSR count). The van der Waals surface area contributed by atoms with Crippen LogP contribution in [0, 0.1) is 17.6 Å². The fraction of sp³-hybridized carbons (Fsp3) is 0.333. The van der Waals surface area contributed by atoms with Gasteiger partial charge in [-0.2, -0.15) is 0 Å². The van der Waals surface area contributed by atoms with Gasteiger partial charge in [-0.15, -0.1) is 0 Å². The summed E-state index contributed by atoms with van der Waals surface area (Å²) < 4.78 is 27.4. The molecule has 4 N–H and O–H groups in total. The van der Waals surface area contributed by atoms with Crippen LogP contribution >= 0.6 is 0 Å². The molecule has 0 radical (unpaired) electrons. The van der Waals surface area contributed by atoms with Gasteiger partial charge < -0.3 is 20.9 Å². The minimum Gasteiger partial charge on any atom is -0.365 e. The van der Waals surface area contributed by atoms with Crippen molar-refractivity contribution in [2.45, 2.75) is 12.8 Å². The molecule has 0 spiro atoms. The topological polar surface area (TPSA) is 86.0 Å². The molecule has 138 valence electrons. The Bertz CT molecular complexity index is 780. The summed E-state index contributed by atoms with van der Waals surface area (Å²) in [5.41, 5.74) is -0.316. The van der Waals surface area contributed by atoms with Gasteiger partial charge in [0.1, 0.15) is 17.2 Å². The molecule has 1 saturated heterocycles. The highest BCUT2D eigenvalue weighted by Gasteiger charge is 2.21. The molecule has 1 aliphatic rings. The number of hydrogen-bond acceptors (Lipinski definition) is 3. The van der Waals surface area contributed by atoms with Crippen LogP contribution in [-0.2, 0) is 0 Å². The molecule has 1 atom stereocenters. The van der Waals surface area contributed by atoms with Crippen LogP contribution in [0.1, 0.15) is 33.6 Å². The molecule has 0 saturated carbocycles. The number of aromatic amines is 1. The Morgan fingerprint density at radius 2 is 1.92 bits per heavy atom. The highest BCUT2D eigenvalue weighted by Crippen LogP contribution is 2.19. The third kappa shape index (κ3) is 4.08. The highest BCUT2D eigenvalue weighted by atomic mass is 19.1. The van der Waals surface area contributed by atoms with E-state index in [1.165, 1.54) is 18.5 Å². The molecular weight excluding hydrogens is 342 g/mol.